The third kappa shape index (κ3) is 6.46. The molecule has 2 heterocycles. The molecule has 0 radical (unpaired) electrons. The van der Waals surface area contributed by atoms with Crippen molar-refractivity contribution in [1.29, 1.82) is 0 Å². The Morgan fingerprint density at radius 3 is 2.61 bits per heavy atom. The number of carbonyl (C=O) groups is 1. The maximum Gasteiger partial charge on any atom is 0.224 e. The van der Waals surface area contributed by atoms with Crippen molar-refractivity contribution in [3.63, 3.8) is 0 Å². The van der Waals surface area contributed by atoms with Crippen molar-refractivity contribution in [3.8, 4) is 0 Å². The summed E-state index contributed by atoms with van der Waals surface area (Å²) in [5.41, 5.74) is 3.33. The van der Waals surface area contributed by atoms with Crippen molar-refractivity contribution in [2.24, 2.45) is 0 Å². The van der Waals surface area contributed by atoms with E-state index in [1.165, 1.54) is 11.3 Å². The summed E-state index contributed by atoms with van der Waals surface area (Å²) in [6, 6.07) is 23.0. The average Bonchev–Trinajstić information content (AvgIpc) is 3.33. The van der Waals surface area contributed by atoms with Crippen LogP contribution in [0.25, 0.3) is 0 Å². The van der Waals surface area contributed by atoms with Crippen molar-refractivity contribution in [2.45, 2.75) is 44.7 Å². The highest BCUT2D eigenvalue weighted by Crippen LogP contribution is 2.23. The highest BCUT2D eigenvalue weighted by molar-refractivity contribution is 5.91. The summed E-state index contributed by atoms with van der Waals surface area (Å²) < 4.78 is 5.40. The number of rotatable bonds is 9. The third-order valence-electron chi connectivity index (χ3n) is 5.85. The molecular weight excluding hydrogens is 386 g/mol. The van der Waals surface area contributed by atoms with E-state index >= 15 is 0 Å². The van der Waals surface area contributed by atoms with Gasteiger partial charge in [0.25, 0.3) is 0 Å². The molecule has 1 aliphatic heterocycles. The Kier molecular flexibility index (Phi) is 7.40. The van der Waals surface area contributed by atoms with Gasteiger partial charge in [0.15, 0.2) is 0 Å². The van der Waals surface area contributed by atoms with Gasteiger partial charge in [-0.2, -0.15) is 0 Å². The third-order valence-corrected chi connectivity index (χ3v) is 5.85. The van der Waals surface area contributed by atoms with E-state index in [2.05, 4.69) is 39.8 Å². The molecule has 0 aliphatic carbocycles. The van der Waals surface area contributed by atoms with E-state index in [0.717, 1.165) is 56.8 Å². The molecule has 31 heavy (non-hydrogen) atoms. The smallest absolute Gasteiger partial charge is 0.224 e. The number of hydrogen-bond acceptors (Lipinski definition) is 4. The van der Waals surface area contributed by atoms with Crippen LogP contribution in [0.4, 0.5) is 11.4 Å². The molecule has 2 aromatic carbocycles. The van der Waals surface area contributed by atoms with Gasteiger partial charge in [0, 0.05) is 36.9 Å². The molecule has 0 bridgehead atoms. The van der Waals surface area contributed by atoms with Crippen LogP contribution in [0.3, 0.4) is 0 Å². The zero-order chi connectivity index (χ0) is 21.3. The largest absolute Gasteiger partial charge is 0.468 e. The Bertz CT molecular complexity index is 932. The van der Waals surface area contributed by atoms with Gasteiger partial charge in [-0.1, -0.05) is 36.4 Å². The molecule has 0 unspecified atom stereocenters. The highest BCUT2D eigenvalue weighted by atomic mass is 16.3. The van der Waals surface area contributed by atoms with Crippen LogP contribution < -0.4 is 15.5 Å². The standard InChI is InChI=1S/C26H31N3O2/c30-26(13-4-9-21-7-2-1-3-8-21)28-23-10-5-11-24(19-23)29-16-14-22(15-17-29)27-20-25-12-6-18-31-25/h1-3,5-8,10-12,18-19,22,27H,4,9,13-17,20H2,(H,28,30). The van der Waals surface area contributed by atoms with Gasteiger partial charge in [0.1, 0.15) is 5.76 Å². The quantitative estimate of drug-likeness (QED) is 0.514. The van der Waals surface area contributed by atoms with Crippen LogP contribution in [0.5, 0.6) is 0 Å². The number of hydrogen-bond donors (Lipinski definition) is 2. The number of benzene rings is 2. The summed E-state index contributed by atoms with van der Waals surface area (Å²) in [7, 11) is 0. The summed E-state index contributed by atoms with van der Waals surface area (Å²) in [6.07, 6.45) is 6.22. The van der Waals surface area contributed by atoms with E-state index in [1.807, 2.05) is 42.5 Å². The van der Waals surface area contributed by atoms with E-state index < -0.39 is 0 Å². The monoisotopic (exact) mass is 417 g/mol. The number of piperidine rings is 1. The van der Waals surface area contributed by atoms with Gasteiger partial charge < -0.3 is 20.0 Å². The number of anilines is 2. The number of nitrogens with one attached hydrogen (secondary N) is 2. The molecule has 1 aromatic heterocycles. The first-order valence-corrected chi connectivity index (χ1v) is 11.2. The van der Waals surface area contributed by atoms with Gasteiger partial charge in [0.2, 0.25) is 5.91 Å². The minimum absolute atomic E-state index is 0.0777. The van der Waals surface area contributed by atoms with Gasteiger partial charge >= 0.3 is 0 Å². The molecule has 5 heteroatoms. The fourth-order valence-corrected chi connectivity index (χ4v) is 4.10. The highest BCUT2D eigenvalue weighted by Gasteiger charge is 2.19. The SMILES string of the molecule is O=C(CCCc1ccccc1)Nc1cccc(N2CCC(NCc3ccco3)CC2)c1. The molecule has 3 aromatic rings. The van der Waals surface area contributed by atoms with Gasteiger partial charge in [0.05, 0.1) is 12.8 Å². The van der Waals surface area contributed by atoms with Gasteiger partial charge in [-0.05, 0) is 61.6 Å². The lowest BCUT2D eigenvalue weighted by molar-refractivity contribution is -0.116. The Balaban J connectivity index is 1.21. The minimum atomic E-state index is 0.0777. The van der Waals surface area contributed by atoms with Gasteiger partial charge in [-0.3, -0.25) is 4.79 Å². The van der Waals surface area contributed by atoms with Crippen molar-refractivity contribution >= 4 is 17.3 Å². The fourth-order valence-electron chi connectivity index (χ4n) is 4.10. The summed E-state index contributed by atoms with van der Waals surface area (Å²) in [5.74, 6) is 1.06. The van der Waals surface area contributed by atoms with Crippen molar-refractivity contribution < 1.29 is 9.21 Å². The first kappa shape index (κ1) is 21.2. The fraction of sp³-hybridized carbons (Fsp3) is 0.346. The van der Waals surface area contributed by atoms with Crippen molar-refractivity contribution in [3.05, 3.63) is 84.3 Å². The normalized spacial score (nSPS) is 14.5. The van der Waals surface area contributed by atoms with E-state index in [4.69, 9.17) is 4.42 Å². The molecule has 1 fully saturated rings. The lowest BCUT2D eigenvalue weighted by atomic mass is 10.0. The van der Waals surface area contributed by atoms with Crippen molar-refractivity contribution in [1.82, 2.24) is 5.32 Å². The molecule has 0 saturated carbocycles. The molecule has 1 amide bonds. The summed E-state index contributed by atoms with van der Waals surface area (Å²) in [4.78, 5) is 14.8. The zero-order valence-electron chi connectivity index (χ0n) is 17.9. The van der Waals surface area contributed by atoms with Crippen LogP contribution in [-0.4, -0.2) is 25.0 Å². The molecule has 4 rings (SSSR count). The molecular formula is C26H31N3O2. The van der Waals surface area contributed by atoms with Crippen LogP contribution in [0.1, 0.15) is 37.0 Å². The second kappa shape index (κ2) is 10.8. The predicted octanol–water partition coefficient (Wildman–Crippen LogP) is 5.00. The average molecular weight is 418 g/mol. The first-order chi connectivity index (χ1) is 15.3. The van der Waals surface area contributed by atoms with E-state index in [9.17, 15) is 4.79 Å². The lowest BCUT2D eigenvalue weighted by Crippen LogP contribution is -2.42. The number of furan rings is 1. The lowest BCUT2D eigenvalue weighted by Gasteiger charge is -2.34. The molecule has 0 spiro atoms. The van der Waals surface area contributed by atoms with Crippen LogP contribution in [0, 0.1) is 0 Å². The predicted molar refractivity (Wildman–Crippen MR) is 125 cm³/mol. The molecule has 1 aliphatic rings. The molecule has 5 nitrogen and oxygen atoms in total. The summed E-state index contributed by atoms with van der Waals surface area (Å²) >= 11 is 0. The Morgan fingerprint density at radius 2 is 1.84 bits per heavy atom. The van der Waals surface area contributed by atoms with E-state index in [-0.39, 0.29) is 5.91 Å². The Labute approximate surface area is 184 Å². The van der Waals surface area contributed by atoms with Crippen molar-refractivity contribution in [2.75, 3.05) is 23.3 Å². The van der Waals surface area contributed by atoms with Crippen LogP contribution in [0.2, 0.25) is 0 Å². The van der Waals surface area contributed by atoms with E-state index in [1.54, 1.807) is 6.26 Å². The number of carbonyl (C=O) groups excluding carboxylic acids is 1. The maximum atomic E-state index is 12.4. The molecule has 2 N–H and O–H groups in total. The zero-order valence-corrected chi connectivity index (χ0v) is 17.9. The van der Waals surface area contributed by atoms with Crippen LogP contribution >= 0.6 is 0 Å². The summed E-state index contributed by atoms with van der Waals surface area (Å²) in [6.45, 7) is 2.79. The molecule has 1 saturated heterocycles. The van der Waals surface area contributed by atoms with Crippen LogP contribution in [0.15, 0.2) is 77.4 Å². The minimum Gasteiger partial charge on any atom is -0.468 e. The Morgan fingerprint density at radius 1 is 1.00 bits per heavy atom. The number of aryl methyl sites for hydroxylation is 1. The van der Waals surface area contributed by atoms with Gasteiger partial charge in [-0.25, -0.2) is 0 Å². The second-order valence-electron chi connectivity index (χ2n) is 8.16. The molecule has 0 atom stereocenters. The second-order valence-corrected chi connectivity index (χ2v) is 8.16. The first-order valence-electron chi connectivity index (χ1n) is 11.2. The number of nitrogens with zero attached hydrogens (tertiary/aromatic N) is 1. The topological polar surface area (TPSA) is 57.5 Å². The summed E-state index contributed by atoms with van der Waals surface area (Å²) in [5, 5.41) is 6.65. The Hall–Kier alpha value is -3.05. The van der Waals surface area contributed by atoms with E-state index in [0.29, 0.717) is 12.5 Å². The van der Waals surface area contributed by atoms with Gasteiger partial charge in [-0.15, -0.1) is 0 Å². The number of amides is 1. The molecule has 162 valence electrons. The maximum absolute atomic E-state index is 12.4. The van der Waals surface area contributed by atoms with Crippen LogP contribution in [-0.2, 0) is 17.8 Å².